The smallest absolute Gasteiger partial charge is 0.872 e. The van der Waals surface area contributed by atoms with E-state index in [1.807, 2.05) is 48.5 Å². The molecule has 10 rings (SSSR count). The van der Waals surface area contributed by atoms with Crippen molar-refractivity contribution in [2.75, 3.05) is 10.7 Å². The number of halogens is 4. The zero-order valence-electron chi connectivity index (χ0n) is 48.1. The molecule has 0 atom stereocenters. The Kier molecular flexibility index (Phi) is 40.3. The van der Waals surface area contributed by atoms with Gasteiger partial charge < -0.3 is 36.1 Å². The van der Waals surface area contributed by atoms with Gasteiger partial charge in [0.15, 0.2) is 11.6 Å². The van der Waals surface area contributed by atoms with Crippen LogP contribution in [0.15, 0.2) is 299 Å². The van der Waals surface area contributed by atoms with Gasteiger partial charge in [-0.15, -0.1) is 69.4 Å². The third-order valence-corrected chi connectivity index (χ3v) is 11.6. The van der Waals surface area contributed by atoms with Crippen molar-refractivity contribution in [1.82, 2.24) is 0 Å². The minimum atomic E-state index is -0.264. The van der Waals surface area contributed by atoms with Gasteiger partial charge in [0.25, 0.3) is 0 Å². The van der Waals surface area contributed by atoms with Crippen molar-refractivity contribution >= 4 is 117 Å². The summed E-state index contributed by atoms with van der Waals surface area (Å²) in [5, 5.41) is 70.8. The molecule has 10 aromatic rings. The van der Waals surface area contributed by atoms with Gasteiger partial charge in [0.05, 0.1) is 33.4 Å². The zero-order chi connectivity index (χ0) is 63.1. The average Bonchev–Trinajstić information content (AvgIpc) is 2.51. The fraction of sp³-hybridized carbons (Fsp3) is 0.0278. The Hall–Kier alpha value is -7.83. The van der Waals surface area contributed by atoms with Crippen LogP contribution in [0.4, 0.5) is 22.7 Å². The number of rotatable bonds is 14. The van der Waals surface area contributed by atoms with Crippen LogP contribution in [-0.2, 0) is 5.48 Å². The Morgan fingerprint density at radius 3 is 0.681 bits per heavy atom. The van der Waals surface area contributed by atoms with Gasteiger partial charge >= 0.3 is 76.3 Å². The molecular weight excluding hydrogens is 1530 g/mol. The summed E-state index contributed by atoms with van der Waals surface area (Å²) in [7, 11) is 0. The molecule has 0 unspecified atom stereocenters. The number of hydrogen-bond acceptors (Lipinski definition) is 12. The van der Waals surface area contributed by atoms with Crippen LogP contribution >= 0.6 is 46.4 Å². The Morgan fingerprint density at radius 1 is 0.297 bits per heavy atom. The molecule has 2 radical (unpaired) electrons. The number of benzene rings is 10. The SMILES string of the molecule is ClCCl.ClCCl.O=C(/C=C(\[O-])c1ccccc1)c1ccccc1.O=C(/C=C(\[O-])c1ccccc1)c1ccccc1.[Dy+3].[Dy+3].[O-]c1ccccc1C=Nc1ccccc1N=Cc1ccccc1[O-].[O-]c1ccccc1C=Nc1ccccc1N=Cc1ccccc1[O-].[OH3+]. The maximum atomic E-state index is 11.8. The first kappa shape index (κ1) is 79.3. The minimum Gasteiger partial charge on any atom is -0.872 e. The van der Waals surface area contributed by atoms with Crippen LogP contribution in [0.25, 0.3) is 11.5 Å². The van der Waals surface area contributed by atoms with Crippen molar-refractivity contribution in [3.8, 4) is 23.0 Å². The Labute approximate surface area is 609 Å². The number of allylic oxidation sites excluding steroid dienone is 2. The van der Waals surface area contributed by atoms with E-state index in [2.05, 4.69) is 20.0 Å². The van der Waals surface area contributed by atoms with Crippen molar-refractivity contribution in [3.05, 3.63) is 324 Å². The summed E-state index contributed by atoms with van der Waals surface area (Å²) in [6.45, 7) is 0. The first-order valence-corrected chi connectivity index (χ1v) is 28.7. The third-order valence-electron chi connectivity index (χ3n) is 11.6. The van der Waals surface area contributed by atoms with E-state index in [0.717, 1.165) is 12.2 Å². The van der Waals surface area contributed by atoms with Gasteiger partial charge in [-0.2, -0.15) is 0 Å². The molecular formula is C72H57Cl4Dy2N4O9+. The number of carbonyl (C=O) groups excluding carboxylic acids is 2. The predicted octanol–water partition coefficient (Wildman–Crippen LogP) is 13.1. The molecule has 0 spiro atoms. The molecule has 0 aliphatic heterocycles. The van der Waals surface area contributed by atoms with Gasteiger partial charge in [0, 0.05) is 36.0 Å². The van der Waals surface area contributed by atoms with Crippen LogP contribution < -0.4 is 30.6 Å². The fourth-order valence-corrected chi connectivity index (χ4v) is 7.25. The first-order chi connectivity index (χ1) is 42.8. The Morgan fingerprint density at radius 2 is 0.473 bits per heavy atom. The second-order valence-corrected chi connectivity index (χ2v) is 19.2. The minimum absolute atomic E-state index is 0. The van der Waals surface area contributed by atoms with Crippen LogP contribution in [-0.4, -0.2) is 47.1 Å². The summed E-state index contributed by atoms with van der Waals surface area (Å²) in [4.78, 5) is 40.9. The van der Waals surface area contributed by atoms with E-state index < -0.39 is 0 Å². The molecule has 0 bridgehead atoms. The van der Waals surface area contributed by atoms with E-state index in [4.69, 9.17) is 46.4 Å². The van der Waals surface area contributed by atoms with E-state index in [1.54, 1.807) is 194 Å². The molecule has 0 saturated carbocycles. The normalized spacial score (nSPS) is 10.5. The van der Waals surface area contributed by atoms with Crippen LogP contribution in [0.3, 0.4) is 0 Å². The molecule has 0 fully saturated rings. The maximum absolute atomic E-state index is 11.8. The van der Waals surface area contributed by atoms with Gasteiger partial charge in [-0.1, -0.05) is 254 Å². The predicted molar refractivity (Wildman–Crippen MR) is 354 cm³/mol. The molecule has 3 N–H and O–H groups in total. The van der Waals surface area contributed by atoms with Crippen LogP contribution in [0.2, 0.25) is 0 Å². The molecule has 0 heterocycles. The van der Waals surface area contributed by atoms with E-state index in [1.165, 1.54) is 49.1 Å². The number of ketones is 2. The van der Waals surface area contributed by atoms with Crippen molar-refractivity contribution in [1.29, 1.82) is 0 Å². The molecule has 0 aliphatic carbocycles. The average molecular weight is 1590 g/mol. The summed E-state index contributed by atoms with van der Waals surface area (Å²) in [6.07, 6.45) is 8.36. The summed E-state index contributed by atoms with van der Waals surface area (Å²) in [5.41, 5.74) is 6.66. The molecule has 0 amide bonds. The molecule has 0 aliphatic rings. The number of nitrogens with zero attached hydrogens (tertiary/aromatic N) is 4. The largest absolute Gasteiger partial charge is 3.00 e. The van der Waals surface area contributed by atoms with Gasteiger partial charge in [-0.05, 0) is 69.8 Å². The molecule has 0 aromatic heterocycles. The first-order valence-electron chi connectivity index (χ1n) is 26.5. The van der Waals surface area contributed by atoms with E-state index in [0.29, 0.717) is 67.3 Å². The molecule has 19 heteroatoms. The third kappa shape index (κ3) is 29.3. The number of para-hydroxylation sites is 8. The summed E-state index contributed by atoms with van der Waals surface area (Å²) in [5.74, 6) is -1.38. The van der Waals surface area contributed by atoms with Crippen LogP contribution in [0, 0.1) is 76.3 Å². The standard InChI is InChI=1S/2C20H16N2O2.2C15H12O2.2CH2Cl2.2Dy.H2O/c2*23-19-11-5-1-7-15(19)13-21-17-9-3-4-10-18(17)22-14-16-8-2-6-12-20(16)24;2*16-14(12-7-3-1-4-8-12)11-15(17)13-9-5-2-6-10-13;2*2-1-3;;;/h2*1-14,23-24H;2*1-11,16H;2*1H2;;;1H2/q;;;;;;2*+3;/p-5/b;;2*14-11-;;;;;. The number of aliphatic imine (C=N–C) groups is 4. The number of alkyl halides is 4. The topological polar surface area (TPSA) is 255 Å². The Bertz CT molecular complexity index is 3540. The van der Waals surface area contributed by atoms with Gasteiger partial charge in [-0.3, -0.25) is 29.6 Å². The van der Waals surface area contributed by atoms with Crippen LogP contribution in [0.1, 0.15) is 54.1 Å². The summed E-state index contributed by atoms with van der Waals surface area (Å²) >= 11 is 19.1. The second-order valence-electron chi connectivity index (χ2n) is 17.6. The fourth-order valence-electron chi connectivity index (χ4n) is 7.25. The monoisotopic (exact) mass is 1590 g/mol. The molecule has 466 valence electrons. The van der Waals surface area contributed by atoms with Gasteiger partial charge in [-0.25, -0.2) is 0 Å². The van der Waals surface area contributed by atoms with Crippen molar-refractivity contribution in [2.24, 2.45) is 20.0 Å². The molecule has 10 aromatic carbocycles. The molecule has 91 heavy (non-hydrogen) atoms. The van der Waals surface area contributed by atoms with Crippen LogP contribution in [0.5, 0.6) is 23.0 Å². The maximum Gasteiger partial charge on any atom is 3.00 e. The second kappa shape index (κ2) is 46.3. The van der Waals surface area contributed by atoms with E-state index in [9.17, 15) is 40.2 Å². The van der Waals surface area contributed by atoms with Gasteiger partial charge in [0.1, 0.15) is 0 Å². The van der Waals surface area contributed by atoms with Crippen molar-refractivity contribution in [2.45, 2.75) is 0 Å². The number of carbonyl (C=O) groups is 2. The Balaban J connectivity index is 0.000000401. The van der Waals surface area contributed by atoms with E-state index >= 15 is 0 Å². The molecule has 0 saturated heterocycles. The quantitative estimate of drug-likeness (QED) is 0.0252. The zero-order valence-corrected chi connectivity index (χ0v) is 55.1. The van der Waals surface area contributed by atoms with Gasteiger partial charge in [0.2, 0.25) is 0 Å². The summed E-state index contributed by atoms with van der Waals surface area (Å²) < 4.78 is 0. The number of hydrogen-bond donors (Lipinski definition) is 0. The van der Waals surface area contributed by atoms with Crippen molar-refractivity contribution in [3.63, 3.8) is 0 Å². The molecule has 13 nitrogen and oxygen atoms in total. The van der Waals surface area contributed by atoms with E-state index in [-0.39, 0.29) is 139 Å². The summed E-state index contributed by atoms with van der Waals surface area (Å²) in [6, 6.07) is 76.4. The van der Waals surface area contributed by atoms with Crippen molar-refractivity contribution < 1.29 is 122 Å².